The Morgan fingerprint density at radius 1 is 1.12 bits per heavy atom. The Bertz CT molecular complexity index is 615. The Morgan fingerprint density at radius 2 is 1.72 bits per heavy atom. The van der Waals surface area contributed by atoms with Crippen LogP contribution in [0, 0.1) is 17.6 Å². The van der Waals surface area contributed by atoms with Gasteiger partial charge in [-0.2, -0.15) is 0 Å². The monoisotopic (exact) mass is 356 g/mol. The van der Waals surface area contributed by atoms with E-state index >= 15 is 0 Å². The molecular weight excluding hydrogens is 334 g/mol. The Hall–Kier alpha value is -2.51. The van der Waals surface area contributed by atoms with Crippen LogP contribution in [0.2, 0.25) is 0 Å². The minimum Gasteiger partial charge on any atom is -0.481 e. The lowest BCUT2D eigenvalue weighted by Crippen LogP contribution is -2.50. The first kappa shape index (κ1) is 20.5. The van der Waals surface area contributed by atoms with Gasteiger partial charge in [0.15, 0.2) is 0 Å². The van der Waals surface area contributed by atoms with Crippen molar-refractivity contribution < 1.29 is 28.3 Å². The van der Waals surface area contributed by atoms with Gasteiger partial charge >= 0.3 is 5.97 Å². The Morgan fingerprint density at radius 3 is 2.24 bits per heavy atom. The van der Waals surface area contributed by atoms with Crippen LogP contribution in [0.15, 0.2) is 18.2 Å². The third-order valence-electron chi connectivity index (χ3n) is 3.54. The summed E-state index contributed by atoms with van der Waals surface area (Å²) in [7, 11) is 0. The van der Waals surface area contributed by atoms with Crippen molar-refractivity contribution in [1.29, 1.82) is 0 Å². The van der Waals surface area contributed by atoms with E-state index < -0.39 is 41.0 Å². The third kappa shape index (κ3) is 6.48. The largest absolute Gasteiger partial charge is 0.481 e. The second-order valence-corrected chi connectivity index (χ2v) is 5.93. The zero-order valence-electron chi connectivity index (χ0n) is 14.1. The van der Waals surface area contributed by atoms with Crippen LogP contribution in [0.5, 0.6) is 0 Å². The average molecular weight is 356 g/mol. The van der Waals surface area contributed by atoms with Crippen LogP contribution >= 0.6 is 0 Å². The number of carbonyl (C=O) groups excluding carboxylic acids is 2. The number of nitrogens with one attached hydrogen (secondary N) is 2. The summed E-state index contributed by atoms with van der Waals surface area (Å²) in [6, 6.07) is 2.10. The van der Waals surface area contributed by atoms with E-state index in [-0.39, 0.29) is 18.9 Å². The number of rotatable bonds is 9. The second-order valence-electron chi connectivity index (χ2n) is 5.93. The number of amides is 2. The molecule has 0 aliphatic carbocycles. The standard InChI is InChI=1S/C17H22F2N2O4/c1-10(2)15(17(25)20-9-4-3-8-13(22)23)21-16(24)14-11(18)6-5-7-12(14)19/h5-7,10,15H,3-4,8-9H2,1-2H3,(H,20,25)(H,21,24)(H,22,23). The molecule has 0 spiro atoms. The van der Waals surface area contributed by atoms with Gasteiger partial charge in [0.25, 0.3) is 5.91 Å². The number of benzene rings is 1. The Balaban J connectivity index is 2.66. The van der Waals surface area contributed by atoms with Crippen LogP contribution < -0.4 is 10.6 Å². The molecule has 0 aliphatic heterocycles. The zero-order valence-corrected chi connectivity index (χ0v) is 14.1. The van der Waals surface area contributed by atoms with Crippen LogP contribution in [0.4, 0.5) is 8.78 Å². The quantitative estimate of drug-likeness (QED) is 0.591. The predicted molar refractivity (Wildman–Crippen MR) is 86.9 cm³/mol. The highest BCUT2D eigenvalue weighted by atomic mass is 19.1. The van der Waals surface area contributed by atoms with Crippen molar-refractivity contribution in [2.24, 2.45) is 5.92 Å². The fraction of sp³-hybridized carbons (Fsp3) is 0.471. The molecule has 0 fully saturated rings. The molecule has 2 amide bonds. The Kier molecular flexibility index (Phi) is 7.97. The molecule has 0 radical (unpaired) electrons. The molecule has 0 heterocycles. The fourth-order valence-electron chi connectivity index (χ4n) is 2.19. The molecule has 8 heteroatoms. The summed E-state index contributed by atoms with van der Waals surface area (Å²) in [5, 5.41) is 13.5. The molecule has 0 saturated heterocycles. The highest BCUT2D eigenvalue weighted by molar-refractivity contribution is 5.98. The molecule has 0 aromatic heterocycles. The predicted octanol–water partition coefficient (Wildman–Crippen LogP) is 2.09. The van der Waals surface area contributed by atoms with Gasteiger partial charge in [0.2, 0.25) is 5.91 Å². The molecule has 1 rings (SSSR count). The maximum absolute atomic E-state index is 13.7. The fourth-order valence-corrected chi connectivity index (χ4v) is 2.19. The molecule has 3 N–H and O–H groups in total. The van der Waals surface area contributed by atoms with Gasteiger partial charge < -0.3 is 15.7 Å². The van der Waals surface area contributed by atoms with Crippen molar-refractivity contribution in [2.75, 3.05) is 6.54 Å². The van der Waals surface area contributed by atoms with E-state index in [1.165, 1.54) is 0 Å². The zero-order chi connectivity index (χ0) is 19.0. The maximum Gasteiger partial charge on any atom is 0.303 e. The number of hydrogen-bond donors (Lipinski definition) is 3. The molecule has 6 nitrogen and oxygen atoms in total. The number of aliphatic carboxylic acids is 1. The van der Waals surface area contributed by atoms with Gasteiger partial charge in [-0.25, -0.2) is 8.78 Å². The molecule has 0 bridgehead atoms. The van der Waals surface area contributed by atoms with Crippen LogP contribution in [-0.4, -0.2) is 35.5 Å². The van der Waals surface area contributed by atoms with Gasteiger partial charge in [-0.3, -0.25) is 14.4 Å². The van der Waals surface area contributed by atoms with Crippen molar-refractivity contribution in [1.82, 2.24) is 10.6 Å². The number of halogens is 2. The van der Waals surface area contributed by atoms with Crippen LogP contribution in [0.3, 0.4) is 0 Å². The van der Waals surface area contributed by atoms with Crippen molar-refractivity contribution in [2.45, 2.75) is 39.2 Å². The van der Waals surface area contributed by atoms with Gasteiger partial charge in [0.1, 0.15) is 23.2 Å². The summed E-state index contributed by atoms with van der Waals surface area (Å²) in [6.45, 7) is 3.62. The minimum atomic E-state index is -1.01. The van der Waals surface area contributed by atoms with E-state index in [4.69, 9.17) is 5.11 Å². The number of carboxylic acids is 1. The Labute approximate surface area is 144 Å². The number of carbonyl (C=O) groups is 3. The highest BCUT2D eigenvalue weighted by Crippen LogP contribution is 2.13. The molecule has 138 valence electrons. The first-order chi connectivity index (χ1) is 11.7. The van der Waals surface area contributed by atoms with Crippen molar-refractivity contribution in [3.63, 3.8) is 0 Å². The summed E-state index contributed by atoms with van der Waals surface area (Å²) in [4.78, 5) is 34.7. The van der Waals surface area contributed by atoms with Crippen molar-refractivity contribution in [3.05, 3.63) is 35.4 Å². The van der Waals surface area contributed by atoms with Gasteiger partial charge in [-0.05, 0) is 30.9 Å². The highest BCUT2D eigenvalue weighted by Gasteiger charge is 2.26. The van der Waals surface area contributed by atoms with E-state index in [9.17, 15) is 23.2 Å². The minimum absolute atomic E-state index is 0.00672. The first-order valence-electron chi connectivity index (χ1n) is 7.98. The van der Waals surface area contributed by atoms with E-state index in [1.54, 1.807) is 13.8 Å². The maximum atomic E-state index is 13.7. The van der Waals surface area contributed by atoms with E-state index in [0.29, 0.717) is 12.8 Å². The molecular formula is C17H22F2N2O4. The molecule has 1 aromatic rings. The summed E-state index contributed by atoms with van der Waals surface area (Å²) < 4.78 is 27.3. The topological polar surface area (TPSA) is 95.5 Å². The van der Waals surface area contributed by atoms with E-state index in [2.05, 4.69) is 10.6 Å². The SMILES string of the molecule is CC(C)C(NC(=O)c1c(F)cccc1F)C(=O)NCCCCC(=O)O. The smallest absolute Gasteiger partial charge is 0.303 e. The number of unbranched alkanes of at least 4 members (excludes halogenated alkanes) is 1. The van der Waals surface area contributed by atoms with Crippen molar-refractivity contribution in [3.8, 4) is 0 Å². The molecule has 1 atom stereocenters. The lowest BCUT2D eigenvalue weighted by Gasteiger charge is -2.22. The average Bonchev–Trinajstić information content (AvgIpc) is 2.51. The van der Waals surface area contributed by atoms with Crippen molar-refractivity contribution >= 4 is 17.8 Å². The first-order valence-corrected chi connectivity index (χ1v) is 7.98. The van der Waals surface area contributed by atoms with Gasteiger partial charge in [-0.15, -0.1) is 0 Å². The third-order valence-corrected chi connectivity index (χ3v) is 3.54. The lowest BCUT2D eigenvalue weighted by atomic mass is 10.0. The van der Waals surface area contributed by atoms with E-state index in [1.807, 2.05) is 0 Å². The van der Waals surface area contributed by atoms with E-state index in [0.717, 1.165) is 18.2 Å². The van der Waals surface area contributed by atoms with Gasteiger partial charge in [-0.1, -0.05) is 19.9 Å². The normalized spacial score (nSPS) is 11.9. The van der Waals surface area contributed by atoms with Crippen LogP contribution in [0.25, 0.3) is 0 Å². The van der Waals surface area contributed by atoms with Gasteiger partial charge in [0.05, 0.1) is 0 Å². The lowest BCUT2D eigenvalue weighted by molar-refractivity contribution is -0.137. The summed E-state index contributed by atoms with van der Waals surface area (Å²) in [5.41, 5.74) is -0.734. The molecule has 1 unspecified atom stereocenters. The number of hydrogen-bond acceptors (Lipinski definition) is 3. The summed E-state index contributed by atoms with van der Waals surface area (Å²) in [5.74, 6) is -4.72. The number of carboxylic acid groups (broad SMARTS) is 1. The molecule has 0 aliphatic rings. The summed E-state index contributed by atoms with van der Waals surface area (Å²) in [6.07, 6.45) is 0.889. The van der Waals surface area contributed by atoms with Crippen LogP contribution in [0.1, 0.15) is 43.5 Å². The second kappa shape index (κ2) is 9.71. The van der Waals surface area contributed by atoms with Gasteiger partial charge in [0, 0.05) is 13.0 Å². The summed E-state index contributed by atoms with van der Waals surface area (Å²) >= 11 is 0. The molecule has 0 saturated carbocycles. The van der Waals surface area contributed by atoms with Crippen LogP contribution in [-0.2, 0) is 9.59 Å². The molecule has 25 heavy (non-hydrogen) atoms. The molecule has 1 aromatic carbocycles.